The van der Waals surface area contributed by atoms with Crippen LogP contribution in [0.3, 0.4) is 0 Å². The smallest absolute Gasteiger partial charge is 0.262 e. The molecule has 1 fully saturated rings. The molecule has 2 aliphatic rings. The number of aliphatic hydroxyl groups is 2. The van der Waals surface area contributed by atoms with Crippen LogP contribution in [-0.4, -0.2) is 58.6 Å². The Morgan fingerprint density at radius 2 is 1.96 bits per heavy atom. The predicted molar refractivity (Wildman–Crippen MR) is 84.3 cm³/mol. The predicted octanol–water partition coefficient (Wildman–Crippen LogP) is -0.601. The Balaban J connectivity index is 1.80. The first-order valence-corrected chi connectivity index (χ1v) is 8.00. The molecule has 0 bridgehead atoms. The number of nitrogens with two attached hydrogens (primary N) is 1. The molecule has 0 spiro atoms. The molecule has 5 N–H and O–H groups in total. The van der Waals surface area contributed by atoms with E-state index in [9.17, 15) is 19.8 Å². The Morgan fingerprint density at radius 1 is 1.21 bits per heavy atom. The molecule has 8 heteroatoms. The molecule has 3 unspecified atom stereocenters. The van der Waals surface area contributed by atoms with Crippen LogP contribution in [0.1, 0.15) is 40.0 Å². The molecule has 8 nitrogen and oxygen atoms in total. The molecule has 2 amide bonds. The average molecular weight is 335 g/mol. The number of carbonyl (C=O) groups is 2. The van der Waals surface area contributed by atoms with E-state index in [1.165, 1.54) is 0 Å². The van der Waals surface area contributed by atoms with E-state index in [4.69, 9.17) is 10.5 Å². The molecule has 3 atom stereocenters. The molecule has 0 aromatic heterocycles. The van der Waals surface area contributed by atoms with Crippen molar-refractivity contribution in [3.63, 3.8) is 0 Å². The van der Waals surface area contributed by atoms with Gasteiger partial charge in [0.1, 0.15) is 18.2 Å². The average Bonchev–Trinajstić information content (AvgIpc) is 2.80. The maximum absolute atomic E-state index is 12.6. The molecule has 1 aromatic rings. The Kier molecular flexibility index (Phi) is 4.81. The molecule has 0 aliphatic carbocycles. The zero-order valence-electron chi connectivity index (χ0n) is 13.1. The van der Waals surface area contributed by atoms with Gasteiger partial charge >= 0.3 is 0 Å². The number of carbonyl (C=O) groups excluding carboxylic acids is 2. The zero-order chi connectivity index (χ0) is 17.3. The van der Waals surface area contributed by atoms with Crippen molar-refractivity contribution in [3.05, 3.63) is 29.3 Å². The van der Waals surface area contributed by atoms with Crippen molar-refractivity contribution in [1.29, 1.82) is 0 Å². The van der Waals surface area contributed by atoms with E-state index in [-0.39, 0.29) is 5.56 Å². The first-order valence-electron chi connectivity index (χ1n) is 8.00. The van der Waals surface area contributed by atoms with Gasteiger partial charge in [0.25, 0.3) is 11.8 Å². The lowest BCUT2D eigenvalue weighted by atomic mass is 10.0. The van der Waals surface area contributed by atoms with E-state index in [0.717, 1.165) is 4.90 Å². The third kappa shape index (κ3) is 3.01. The summed E-state index contributed by atoms with van der Waals surface area (Å²) in [4.78, 5) is 26.3. The number of benzene rings is 1. The fraction of sp³-hybridized carbons (Fsp3) is 0.500. The number of hydrogen-bond donors (Lipinski definition) is 4. The van der Waals surface area contributed by atoms with Crippen molar-refractivity contribution in [1.82, 2.24) is 10.2 Å². The summed E-state index contributed by atoms with van der Waals surface area (Å²) < 4.78 is 5.51. The second kappa shape index (κ2) is 6.86. The number of fused-ring (bicyclic) bond motifs is 1. The molecule has 2 heterocycles. The van der Waals surface area contributed by atoms with Gasteiger partial charge in [0.2, 0.25) is 0 Å². The third-order valence-electron chi connectivity index (χ3n) is 4.30. The third-order valence-corrected chi connectivity index (χ3v) is 4.30. The quantitative estimate of drug-likeness (QED) is 0.418. The summed E-state index contributed by atoms with van der Waals surface area (Å²) in [5, 5.41) is 22.1. The van der Waals surface area contributed by atoms with Crippen LogP contribution in [0.5, 0.6) is 5.75 Å². The molecule has 0 radical (unpaired) electrons. The van der Waals surface area contributed by atoms with Crippen LogP contribution in [0.2, 0.25) is 0 Å². The molecule has 1 saturated heterocycles. The second-order valence-electron chi connectivity index (χ2n) is 5.95. The molecule has 1 aromatic carbocycles. The molecule has 2 aliphatic heterocycles. The number of rotatable bonds is 5. The van der Waals surface area contributed by atoms with E-state index in [1.807, 2.05) is 0 Å². The van der Waals surface area contributed by atoms with Crippen molar-refractivity contribution >= 4 is 11.8 Å². The van der Waals surface area contributed by atoms with Gasteiger partial charge in [-0.05, 0) is 44.0 Å². The summed E-state index contributed by atoms with van der Waals surface area (Å²) in [5.74, 6) is -0.393. The number of nitrogens with one attached hydrogen (secondary N) is 1. The lowest BCUT2D eigenvalue weighted by Crippen LogP contribution is -2.58. The molecule has 3 rings (SSSR count). The van der Waals surface area contributed by atoms with Crippen LogP contribution >= 0.6 is 0 Å². The molecule has 24 heavy (non-hydrogen) atoms. The SMILES string of the molecule is NCCCOc1ccc2c(c1)C(=O)N(C1CCC(O)NC1O)C2=O. The van der Waals surface area contributed by atoms with E-state index in [2.05, 4.69) is 5.32 Å². The number of hydrogen-bond acceptors (Lipinski definition) is 7. The fourth-order valence-electron chi connectivity index (χ4n) is 3.05. The van der Waals surface area contributed by atoms with Gasteiger partial charge in [-0.3, -0.25) is 19.8 Å². The first-order chi connectivity index (χ1) is 11.5. The number of piperidine rings is 1. The van der Waals surface area contributed by atoms with E-state index < -0.39 is 30.3 Å². The minimum atomic E-state index is -1.16. The van der Waals surface area contributed by atoms with Gasteiger partial charge in [-0.1, -0.05) is 0 Å². The van der Waals surface area contributed by atoms with Gasteiger partial charge in [0.15, 0.2) is 0 Å². The van der Waals surface area contributed by atoms with Crippen LogP contribution in [0.15, 0.2) is 18.2 Å². The Labute approximate surface area is 139 Å². The fourth-order valence-corrected chi connectivity index (χ4v) is 3.05. The summed E-state index contributed by atoms with van der Waals surface area (Å²) >= 11 is 0. The van der Waals surface area contributed by atoms with Crippen LogP contribution in [0, 0.1) is 0 Å². The van der Waals surface area contributed by atoms with Gasteiger partial charge in [0.05, 0.1) is 23.8 Å². The van der Waals surface area contributed by atoms with Crippen LogP contribution in [0.25, 0.3) is 0 Å². The largest absolute Gasteiger partial charge is 0.494 e. The van der Waals surface area contributed by atoms with Crippen LogP contribution in [-0.2, 0) is 0 Å². The first kappa shape index (κ1) is 16.8. The number of aliphatic hydroxyl groups excluding tert-OH is 2. The topological polar surface area (TPSA) is 125 Å². The molecule has 0 saturated carbocycles. The highest BCUT2D eigenvalue weighted by atomic mass is 16.5. The highest BCUT2D eigenvalue weighted by molar-refractivity contribution is 6.21. The Hall–Kier alpha value is -2.00. The van der Waals surface area contributed by atoms with Gasteiger partial charge in [-0.25, -0.2) is 0 Å². The van der Waals surface area contributed by atoms with Crippen molar-refractivity contribution in [3.8, 4) is 5.75 Å². The minimum absolute atomic E-state index is 0.267. The Morgan fingerprint density at radius 3 is 2.67 bits per heavy atom. The summed E-state index contributed by atoms with van der Waals surface area (Å²) in [5.41, 5.74) is 5.98. The van der Waals surface area contributed by atoms with Gasteiger partial charge in [-0.2, -0.15) is 0 Å². The maximum Gasteiger partial charge on any atom is 0.262 e. The highest BCUT2D eigenvalue weighted by Gasteiger charge is 2.44. The van der Waals surface area contributed by atoms with Gasteiger partial charge < -0.3 is 20.7 Å². The summed E-state index contributed by atoms with van der Waals surface area (Å²) in [7, 11) is 0. The lowest BCUT2D eigenvalue weighted by Gasteiger charge is -2.36. The van der Waals surface area contributed by atoms with Gasteiger partial charge in [0, 0.05) is 0 Å². The molecule has 130 valence electrons. The molecular formula is C16H21N3O5. The normalized spacial score (nSPS) is 26.6. The lowest BCUT2D eigenvalue weighted by molar-refractivity contribution is -0.0413. The number of amides is 2. The summed E-state index contributed by atoms with van der Waals surface area (Å²) in [6.45, 7) is 0.943. The highest BCUT2D eigenvalue weighted by Crippen LogP contribution is 2.31. The van der Waals surface area contributed by atoms with Crippen LogP contribution in [0.4, 0.5) is 0 Å². The van der Waals surface area contributed by atoms with E-state index >= 15 is 0 Å². The van der Waals surface area contributed by atoms with Crippen molar-refractivity contribution in [2.24, 2.45) is 5.73 Å². The summed E-state index contributed by atoms with van der Waals surface area (Å²) in [6, 6.07) is 4.04. The zero-order valence-corrected chi connectivity index (χ0v) is 13.1. The number of imide groups is 1. The van der Waals surface area contributed by atoms with Crippen molar-refractivity contribution < 1.29 is 24.5 Å². The van der Waals surface area contributed by atoms with Crippen molar-refractivity contribution in [2.75, 3.05) is 13.2 Å². The second-order valence-corrected chi connectivity index (χ2v) is 5.95. The minimum Gasteiger partial charge on any atom is -0.494 e. The Bertz CT molecular complexity index is 651. The van der Waals surface area contributed by atoms with E-state index in [0.29, 0.717) is 43.7 Å². The van der Waals surface area contributed by atoms with Crippen LogP contribution < -0.4 is 15.8 Å². The number of nitrogens with zero attached hydrogens (tertiary/aromatic N) is 1. The van der Waals surface area contributed by atoms with Crippen molar-refractivity contribution in [2.45, 2.75) is 37.8 Å². The summed E-state index contributed by atoms with van der Waals surface area (Å²) in [6.07, 6.45) is -0.619. The monoisotopic (exact) mass is 335 g/mol. The van der Waals surface area contributed by atoms with Gasteiger partial charge in [-0.15, -0.1) is 0 Å². The standard InChI is InChI=1S/C16H21N3O5/c17-6-1-7-24-9-2-3-10-11(8-9)16(23)19(15(10)22)12-4-5-13(20)18-14(12)21/h2-3,8,12-14,18,20-21H,1,4-7,17H2. The maximum atomic E-state index is 12.6. The number of ether oxygens (including phenoxy) is 1. The van der Waals surface area contributed by atoms with E-state index in [1.54, 1.807) is 18.2 Å². The molecular weight excluding hydrogens is 314 g/mol.